The molecule has 0 saturated heterocycles. The van der Waals surface area contributed by atoms with E-state index >= 15 is 0 Å². The van der Waals surface area contributed by atoms with Crippen LogP contribution in [0.5, 0.6) is 0 Å². The third-order valence-electron chi connectivity index (χ3n) is 5.50. The number of hydrogen-bond acceptors (Lipinski definition) is 3. The van der Waals surface area contributed by atoms with E-state index in [0.29, 0.717) is 0 Å². The second kappa shape index (κ2) is 7.28. The summed E-state index contributed by atoms with van der Waals surface area (Å²) in [6, 6.07) is 0. The molecule has 4 atom stereocenters. The molecule has 2 aliphatic carbocycles. The summed E-state index contributed by atoms with van der Waals surface area (Å²) in [6.07, 6.45) is 7.28. The molecule has 0 heterocycles. The Balaban J connectivity index is 2.02. The van der Waals surface area contributed by atoms with E-state index in [4.69, 9.17) is 4.74 Å². The van der Waals surface area contributed by atoms with Crippen molar-refractivity contribution in [1.29, 1.82) is 0 Å². The van der Waals surface area contributed by atoms with Gasteiger partial charge in [-0.1, -0.05) is 26.7 Å². The highest BCUT2D eigenvalue weighted by Crippen LogP contribution is 2.47. The molecule has 0 aromatic carbocycles. The van der Waals surface area contributed by atoms with Gasteiger partial charge in [0.1, 0.15) is 6.10 Å². The van der Waals surface area contributed by atoms with Crippen LogP contribution in [-0.4, -0.2) is 23.1 Å². The number of carbonyl (C=O) groups is 2. The second-order valence-electron chi connectivity index (χ2n) is 6.62. The highest BCUT2D eigenvalue weighted by atomic mass is 16.5. The number of aliphatic carboxylic acids is 1. The molecule has 0 bridgehead atoms. The summed E-state index contributed by atoms with van der Waals surface area (Å²) >= 11 is 0. The second-order valence-corrected chi connectivity index (χ2v) is 6.62. The van der Waals surface area contributed by atoms with Gasteiger partial charge in [-0.25, -0.2) is 0 Å². The number of carboxylic acid groups (broad SMARTS) is 1. The van der Waals surface area contributed by atoms with Gasteiger partial charge in [0.15, 0.2) is 0 Å². The molecule has 0 aliphatic heterocycles. The van der Waals surface area contributed by atoms with E-state index in [2.05, 4.69) is 0 Å². The van der Waals surface area contributed by atoms with Crippen LogP contribution in [0.3, 0.4) is 0 Å². The maximum atomic E-state index is 12.4. The molecule has 1 N–H and O–H groups in total. The van der Waals surface area contributed by atoms with Crippen LogP contribution in [0.4, 0.5) is 0 Å². The average Bonchev–Trinajstić information content (AvgIpc) is 3.11. The van der Waals surface area contributed by atoms with E-state index in [-0.39, 0.29) is 35.7 Å². The minimum Gasteiger partial charge on any atom is -0.481 e. The van der Waals surface area contributed by atoms with Crippen molar-refractivity contribution in [2.45, 2.75) is 71.3 Å². The van der Waals surface area contributed by atoms with Crippen molar-refractivity contribution >= 4 is 11.9 Å². The number of ether oxygens (including phenoxy) is 1. The van der Waals surface area contributed by atoms with Crippen molar-refractivity contribution in [1.82, 2.24) is 0 Å². The Morgan fingerprint density at radius 3 is 2.05 bits per heavy atom. The zero-order chi connectivity index (χ0) is 15.4. The average molecular weight is 296 g/mol. The maximum Gasteiger partial charge on any atom is 0.309 e. The molecule has 4 heteroatoms. The Labute approximate surface area is 127 Å². The first-order valence-corrected chi connectivity index (χ1v) is 8.51. The van der Waals surface area contributed by atoms with E-state index in [0.717, 1.165) is 51.4 Å². The molecular weight excluding hydrogens is 268 g/mol. The summed E-state index contributed by atoms with van der Waals surface area (Å²) in [5, 5.41) is 9.37. The molecule has 0 amide bonds. The molecule has 4 unspecified atom stereocenters. The highest BCUT2D eigenvalue weighted by molar-refractivity contribution is 5.74. The predicted molar refractivity (Wildman–Crippen MR) is 79.8 cm³/mol. The summed E-state index contributed by atoms with van der Waals surface area (Å²) in [4.78, 5) is 23.8. The normalized spacial score (nSPS) is 32.5. The third-order valence-corrected chi connectivity index (χ3v) is 5.50. The molecule has 2 fully saturated rings. The van der Waals surface area contributed by atoms with Crippen molar-refractivity contribution in [3.8, 4) is 0 Å². The number of hydrogen-bond donors (Lipinski definition) is 1. The van der Waals surface area contributed by atoms with Crippen molar-refractivity contribution < 1.29 is 19.4 Å². The Kier molecular flexibility index (Phi) is 5.65. The molecule has 120 valence electrons. The van der Waals surface area contributed by atoms with Gasteiger partial charge in [0.25, 0.3) is 0 Å². The smallest absolute Gasteiger partial charge is 0.309 e. The van der Waals surface area contributed by atoms with Crippen LogP contribution in [-0.2, 0) is 14.3 Å². The van der Waals surface area contributed by atoms with Gasteiger partial charge in [0.05, 0.1) is 11.8 Å². The molecule has 0 aromatic heterocycles. The van der Waals surface area contributed by atoms with Gasteiger partial charge in [-0.15, -0.1) is 0 Å². The van der Waals surface area contributed by atoms with Gasteiger partial charge < -0.3 is 9.84 Å². The SMILES string of the molecule is CCC(CC)OC(=O)C1CCCC1C1CCCC1C(=O)O. The van der Waals surface area contributed by atoms with Crippen LogP contribution < -0.4 is 0 Å². The van der Waals surface area contributed by atoms with Crippen LogP contribution in [0, 0.1) is 23.7 Å². The molecule has 2 saturated carbocycles. The largest absolute Gasteiger partial charge is 0.481 e. The van der Waals surface area contributed by atoms with E-state index < -0.39 is 5.97 Å². The molecule has 0 radical (unpaired) electrons. The van der Waals surface area contributed by atoms with Crippen molar-refractivity contribution in [3.05, 3.63) is 0 Å². The van der Waals surface area contributed by atoms with Gasteiger partial charge in [-0.05, 0) is 50.4 Å². The first-order chi connectivity index (χ1) is 10.1. The van der Waals surface area contributed by atoms with Gasteiger partial charge in [-0.2, -0.15) is 0 Å². The first kappa shape index (κ1) is 16.3. The fourth-order valence-corrected chi connectivity index (χ4v) is 4.31. The minimum atomic E-state index is -0.684. The van der Waals surface area contributed by atoms with E-state index in [9.17, 15) is 14.7 Å². The molecule has 21 heavy (non-hydrogen) atoms. The van der Waals surface area contributed by atoms with Crippen LogP contribution in [0.25, 0.3) is 0 Å². The predicted octanol–water partition coefficient (Wildman–Crippen LogP) is 3.64. The number of rotatable bonds is 6. The lowest BCUT2D eigenvalue weighted by Crippen LogP contribution is -2.33. The van der Waals surface area contributed by atoms with E-state index in [1.54, 1.807) is 0 Å². The van der Waals surface area contributed by atoms with Crippen molar-refractivity contribution in [3.63, 3.8) is 0 Å². The van der Waals surface area contributed by atoms with Crippen molar-refractivity contribution in [2.75, 3.05) is 0 Å². The van der Waals surface area contributed by atoms with Crippen LogP contribution in [0.2, 0.25) is 0 Å². The molecular formula is C17H28O4. The zero-order valence-corrected chi connectivity index (χ0v) is 13.2. The minimum absolute atomic E-state index is 0.0117. The topological polar surface area (TPSA) is 63.6 Å². The van der Waals surface area contributed by atoms with Crippen LogP contribution in [0.15, 0.2) is 0 Å². The third kappa shape index (κ3) is 3.58. The van der Waals surface area contributed by atoms with Gasteiger partial charge in [-0.3, -0.25) is 9.59 Å². The Morgan fingerprint density at radius 2 is 1.52 bits per heavy atom. The summed E-state index contributed by atoms with van der Waals surface area (Å²) in [7, 11) is 0. The summed E-state index contributed by atoms with van der Waals surface area (Å²) in [5.74, 6) is -0.703. The van der Waals surface area contributed by atoms with Gasteiger partial charge in [0, 0.05) is 0 Å². The lowest BCUT2D eigenvalue weighted by atomic mass is 9.78. The molecule has 4 nitrogen and oxygen atoms in total. The van der Waals surface area contributed by atoms with Crippen LogP contribution in [0.1, 0.15) is 65.2 Å². The fraction of sp³-hybridized carbons (Fsp3) is 0.882. The van der Waals surface area contributed by atoms with Crippen molar-refractivity contribution in [2.24, 2.45) is 23.7 Å². The lowest BCUT2D eigenvalue weighted by molar-refractivity contribution is -0.158. The Hall–Kier alpha value is -1.06. The molecule has 0 spiro atoms. The quantitative estimate of drug-likeness (QED) is 0.760. The van der Waals surface area contributed by atoms with E-state index in [1.807, 2.05) is 13.8 Å². The van der Waals surface area contributed by atoms with Gasteiger partial charge >= 0.3 is 11.9 Å². The van der Waals surface area contributed by atoms with Crippen LogP contribution >= 0.6 is 0 Å². The maximum absolute atomic E-state index is 12.4. The highest BCUT2D eigenvalue weighted by Gasteiger charge is 2.45. The Bertz CT molecular complexity index is 375. The number of carbonyl (C=O) groups excluding carboxylic acids is 1. The standard InChI is InChI=1S/C17H28O4/c1-3-11(4-2)21-17(20)15-10-6-8-13(15)12-7-5-9-14(12)16(18)19/h11-15H,3-10H2,1-2H3,(H,18,19). The lowest BCUT2D eigenvalue weighted by Gasteiger charge is -2.28. The van der Waals surface area contributed by atoms with Gasteiger partial charge in [0.2, 0.25) is 0 Å². The summed E-state index contributed by atoms with van der Waals surface area (Å²) < 4.78 is 5.63. The number of carboxylic acids is 1. The molecule has 2 rings (SSSR count). The Morgan fingerprint density at radius 1 is 1.00 bits per heavy atom. The molecule has 2 aliphatic rings. The zero-order valence-electron chi connectivity index (χ0n) is 13.2. The number of esters is 1. The van der Waals surface area contributed by atoms with E-state index in [1.165, 1.54) is 0 Å². The summed E-state index contributed by atoms with van der Waals surface area (Å²) in [6.45, 7) is 4.07. The monoisotopic (exact) mass is 296 g/mol. The fourth-order valence-electron chi connectivity index (χ4n) is 4.31. The summed E-state index contributed by atoms with van der Waals surface area (Å²) in [5.41, 5.74) is 0. The first-order valence-electron chi connectivity index (χ1n) is 8.51. The molecule has 0 aromatic rings.